The summed E-state index contributed by atoms with van der Waals surface area (Å²) < 4.78 is 37.8. The SMILES string of the molecule is Cc1cc(NC2CCC(C(F)(F)F)CC2)c(C)cc1O. The number of hydrogen-bond acceptors (Lipinski definition) is 2. The van der Waals surface area contributed by atoms with E-state index >= 15 is 0 Å². The van der Waals surface area contributed by atoms with E-state index in [-0.39, 0.29) is 24.6 Å². The van der Waals surface area contributed by atoms with Crippen molar-refractivity contribution in [3.05, 3.63) is 23.3 Å². The van der Waals surface area contributed by atoms with Crippen LogP contribution in [0, 0.1) is 19.8 Å². The quantitative estimate of drug-likeness (QED) is 0.783. The van der Waals surface area contributed by atoms with Gasteiger partial charge in [-0.2, -0.15) is 13.2 Å². The van der Waals surface area contributed by atoms with Gasteiger partial charge in [0.15, 0.2) is 0 Å². The Labute approximate surface area is 117 Å². The molecule has 5 heteroatoms. The van der Waals surface area contributed by atoms with E-state index < -0.39 is 12.1 Å². The van der Waals surface area contributed by atoms with Gasteiger partial charge in [-0.25, -0.2) is 0 Å². The highest BCUT2D eigenvalue weighted by Crippen LogP contribution is 2.38. The molecule has 112 valence electrons. The van der Waals surface area contributed by atoms with Crippen LogP contribution in [0.2, 0.25) is 0 Å². The number of benzene rings is 1. The van der Waals surface area contributed by atoms with E-state index in [9.17, 15) is 18.3 Å². The molecule has 0 saturated heterocycles. The van der Waals surface area contributed by atoms with Crippen LogP contribution in [-0.4, -0.2) is 17.3 Å². The van der Waals surface area contributed by atoms with Crippen LogP contribution in [0.15, 0.2) is 12.1 Å². The van der Waals surface area contributed by atoms with Crippen molar-refractivity contribution in [3.63, 3.8) is 0 Å². The number of halogens is 3. The smallest absolute Gasteiger partial charge is 0.391 e. The fraction of sp³-hybridized carbons (Fsp3) is 0.600. The number of phenols is 1. The average molecular weight is 287 g/mol. The van der Waals surface area contributed by atoms with Crippen molar-refractivity contribution in [3.8, 4) is 5.75 Å². The summed E-state index contributed by atoms with van der Waals surface area (Å²) in [6.07, 6.45) is -2.61. The molecule has 2 nitrogen and oxygen atoms in total. The number of aromatic hydroxyl groups is 1. The lowest BCUT2D eigenvalue weighted by molar-refractivity contribution is -0.182. The Kier molecular flexibility index (Phi) is 4.16. The molecule has 0 spiro atoms. The van der Waals surface area contributed by atoms with Crippen molar-refractivity contribution < 1.29 is 18.3 Å². The fourth-order valence-corrected chi connectivity index (χ4v) is 2.74. The van der Waals surface area contributed by atoms with Crippen molar-refractivity contribution in [2.75, 3.05) is 5.32 Å². The monoisotopic (exact) mass is 287 g/mol. The molecule has 1 aliphatic rings. The predicted molar refractivity (Wildman–Crippen MR) is 73.0 cm³/mol. The number of nitrogens with one attached hydrogen (secondary N) is 1. The molecule has 0 aromatic heterocycles. The van der Waals surface area contributed by atoms with E-state index in [2.05, 4.69) is 5.32 Å². The van der Waals surface area contributed by atoms with Gasteiger partial charge in [0.25, 0.3) is 0 Å². The third-order valence-electron chi connectivity index (χ3n) is 4.09. The van der Waals surface area contributed by atoms with Crippen LogP contribution in [0.1, 0.15) is 36.8 Å². The second kappa shape index (κ2) is 5.54. The summed E-state index contributed by atoms with van der Waals surface area (Å²) in [5, 5.41) is 12.9. The van der Waals surface area contributed by atoms with Crippen LogP contribution < -0.4 is 5.32 Å². The van der Waals surface area contributed by atoms with Crippen LogP contribution >= 0.6 is 0 Å². The van der Waals surface area contributed by atoms with Gasteiger partial charge in [-0.1, -0.05) is 0 Å². The van der Waals surface area contributed by atoms with Crippen LogP contribution in [0.25, 0.3) is 0 Å². The Hall–Kier alpha value is -1.39. The number of phenolic OH excluding ortho intramolecular Hbond substituents is 1. The van der Waals surface area contributed by atoms with Crippen LogP contribution in [0.5, 0.6) is 5.75 Å². The Bertz CT molecular complexity index is 477. The maximum atomic E-state index is 12.6. The molecule has 2 N–H and O–H groups in total. The number of anilines is 1. The maximum Gasteiger partial charge on any atom is 0.391 e. The van der Waals surface area contributed by atoms with Crippen LogP contribution in [-0.2, 0) is 0 Å². The van der Waals surface area contributed by atoms with Gasteiger partial charge in [0.05, 0.1) is 5.92 Å². The molecule has 2 rings (SSSR count). The molecule has 0 atom stereocenters. The highest BCUT2D eigenvalue weighted by atomic mass is 19.4. The largest absolute Gasteiger partial charge is 0.508 e. The van der Waals surface area contributed by atoms with Gasteiger partial charge in [0.1, 0.15) is 5.75 Å². The topological polar surface area (TPSA) is 32.3 Å². The third kappa shape index (κ3) is 3.38. The highest BCUT2D eigenvalue weighted by molar-refractivity contribution is 5.57. The van der Waals surface area contributed by atoms with Gasteiger partial charge < -0.3 is 10.4 Å². The Morgan fingerprint density at radius 2 is 1.65 bits per heavy atom. The average Bonchev–Trinajstić information content (AvgIpc) is 2.35. The summed E-state index contributed by atoms with van der Waals surface area (Å²) in [5.41, 5.74) is 2.57. The molecule has 0 aliphatic heterocycles. The van der Waals surface area contributed by atoms with Crippen molar-refractivity contribution in [2.24, 2.45) is 5.92 Å². The molecule has 1 aromatic carbocycles. The minimum atomic E-state index is -4.06. The molecule has 1 aliphatic carbocycles. The first-order valence-corrected chi connectivity index (χ1v) is 6.91. The van der Waals surface area contributed by atoms with Gasteiger partial charge in [-0.3, -0.25) is 0 Å². The van der Waals surface area contributed by atoms with Crippen LogP contribution in [0.4, 0.5) is 18.9 Å². The second-order valence-corrected chi connectivity index (χ2v) is 5.69. The standard InChI is InChI=1S/C15H20F3NO/c1-9-8-14(20)10(2)7-13(9)19-12-5-3-11(4-6-12)15(16,17)18/h7-8,11-12,19-20H,3-6H2,1-2H3. The first-order chi connectivity index (χ1) is 9.27. The number of hydrogen-bond donors (Lipinski definition) is 2. The van der Waals surface area contributed by atoms with Gasteiger partial charge in [0, 0.05) is 11.7 Å². The lowest BCUT2D eigenvalue weighted by Crippen LogP contribution is -2.32. The van der Waals surface area contributed by atoms with Gasteiger partial charge in [-0.05, 0) is 62.8 Å². The molecule has 0 amide bonds. The molecular weight excluding hydrogens is 267 g/mol. The number of aryl methyl sites for hydroxylation is 2. The molecule has 1 aromatic rings. The van der Waals surface area contributed by atoms with Crippen molar-refractivity contribution in [2.45, 2.75) is 51.7 Å². The fourth-order valence-electron chi connectivity index (χ4n) is 2.74. The summed E-state index contributed by atoms with van der Waals surface area (Å²) in [6.45, 7) is 3.68. The zero-order valence-electron chi connectivity index (χ0n) is 11.7. The molecule has 0 bridgehead atoms. The number of alkyl halides is 3. The van der Waals surface area contributed by atoms with E-state index in [0.29, 0.717) is 12.8 Å². The normalized spacial score (nSPS) is 23.6. The summed E-state index contributed by atoms with van der Waals surface area (Å²) in [6, 6.07) is 3.61. The first-order valence-electron chi connectivity index (χ1n) is 6.91. The molecule has 20 heavy (non-hydrogen) atoms. The number of rotatable bonds is 2. The van der Waals surface area contributed by atoms with E-state index in [0.717, 1.165) is 16.8 Å². The van der Waals surface area contributed by atoms with E-state index in [1.165, 1.54) is 0 Å². The molecule has 1 saturated carbocycles. The Balaban J connectivity index is 1.98. The minimum Gasteiger partial charge on any atom is -0.508 e. The van der Waals surface area contributed by atoms with Crippen LogP contribution in [0.3, 0.4) is 0 Å². The van der Waals surface area contributed by atoms with E-state index in [4.69, 9.17) is 0 Å². The van der Waals surface area contributed by atoms with Gasteiger partial charge in [0.2, 0.25) is 0 Å². The zero-order valence-corrected chi connectivity index (χ0v) is 11.7. The van der Waals surface area contributed by atoms with Crippen molar-refractivity contribution in [1.29, 1.82) is 0 Å². The lowest BCUT2D eigenvalue weighted by Gasteiger charge is -2.31. The Morgan fingerprint density at radius 1 is 1.05 bits per heavy atom. The summed E-state index contributed by atoms with van der Waals surface area (Å²) >= 11 is 0. The second-order valence-electron chi connectivity index (χ2n) is 5.69. The molecule has 0 heterocycles. The van der Waals surface area contributed by atoms with Gasteiger partial charge in [-0.15, -0.1) is 0 Å². The molecular formula is C15H20F3NO. The third-order valence-corrected chi connectivity index (χ3v) is 4.09. The zero-order chi connectivity index (χ0) is 14.9. The van der Waals surface area contributed by atoms with Crippen molar-refractivity contribution in [1.82, 2.24) is 0 Å². The summed E-state index contributed by atoms with van der Waals surface area (Å²) in [7, 11) is 0. The first kappa shape index (κ1) is 15.0. The van der Waals surface area contributed by atoms with Crippen molar-refractivity contribution >= 4 is 5.69 Å². The molecule has 0 unspecified atom stereocenters. The molecule has 1 fully saturated rings. The van der Waals surface area contributed by atoms with E-state index in [1.807, 2.05) is 13.0 Å². The lowest BCUT2D eigenvalue weighted by atomic mass is 9.85. The summed E-state index contributed by atoms with van der Waals surface area (Å²) in [4.78, 5) is 0. The Morgan fingerprint density at radius 3 is 2.20 bits per heavy atom. The summed E-state index contributed by atoms with van der Waals surface area (Å²) in [5.74, 6) is -0.906. The minimum absolute atomic E-state index is 0.0799. The highest BCUT2D eigenvalue weighted by Gasteiger charge is 2.41. The molecule has 0 radical (unpaired) electrons. The van der Waals surface area contributed by atoms with Gasteiger partial charge >= 0.3 is 6.18 Å². The maximum absolute atomic E-state index is 12.6. The predicted octanol–water partition coefficient (Wildman–Crippen LogP) is 4.54. The van der Waals surface area contributed by atoms with E-state index in [1.54, 1.807) is 13.0 Å².